The molecule has 1 heterocycles. The number of carbonyl (C=O) groups excluding carboxylic acids is 1. The summed E-state index contributed by atoms with van der Waals surface area (Å²) in [4.78, 5) is 16.2. The molecule has 0 bridgehead atoms. The van der Waals surface area contributed by atoms with Crippen LogP contribution in [0.15, 0.2) is 24.3 Å². The quantitative estimate of drug-likeness (QED) is 0.898. The fourth-order valence-electron chi connectivity index (χ4n) is 2.88. The van der Waals surface area contributed by atoms with E-state index in [0.29, 0.717) is 30.7 Å². The molecule has 1 aromatic carbocycles. The second-order valence-electron chi connectivity index (χ2n) is 6.05. The average Bonchev–Trinajstić information content (AvgIpc) is 2.93. The Labute approximate surface area is 136 Å². The molecule has 1 aliphatic rings. The van der Waals surface area contributed by atoms with Crippen LogP contribution in [0.4, 0.5) is 19.1 Å². The Balaban J connectivity index is 1.60. The van der Waals surface area contributed by atoms with E-state index in [1.165, 1.54) is 12.1 Å². The van der Waals surface area contributed by atoms with Crippen LogP contribution < -0.4 is 5.32 Å². The second kappa shape index (κ2) is 6.62. The lowest BCUT2D eigenvalue weighted by Crippen LogP contribution is -2.33. The molecule has 1 aliphatic carbocycles. The topological polar surface area (TPSA) is 70.7 Å². The number of benzene rings is 1. The molecule has 1 saturated carbocycles. The number of amides is 1. The lowest BCUT2D eigenvalue weighted by Gasteiger charge is -2.27. The monoisotopic (exact) mass is 338 g/mol. The molecule has 1 aromatic heterocycles. The fourth-order valence-corrected chi connectivity index (χ4v) is 2.88. The zero-order valence-corrected chi connectivity index (χ0v) is 12.9. The molecular formula is C16H17F3N4O. The van der Waals surface area contributed by atoms with E-state index in [1.54, 1.807) is 12.1 Å². The number of rotatable bonds is 4. The molecule has 0 spiro atoms. The first-order valence-corrected chi connectivity index (χ1v) is 7.76. The van der Waals surface area contributed by atoms with E-state index in [4.69, 9.17) is 0 Å². The predicted octanol–water partition coefficient (Wildman–Crippen LogP) is 3.30. The van der Waals surface area contributed by atoms with E-state index in [2.05, 4.69) is 20.5 Å². The highest BCUT2D eigenvalue weighted by atomic mass is 19.3. The Kier molecular flexibility index (Phi) is 4.55. The molecule has 1 amide bonds. The highest BCUT2D eigenvalue weighted by Crippen LogP contribution is 2.36. The normalized spacial score (nSPS) is 19.9. The second-order valence-corrected chi connectivity index (χ2v) is 6.05. The number of nitrogens with zero attached hydrogens (tertiary/aromatic N) is 2. The minimum Gasteiger partial charge on any atom is -0.293 e. The van der Waals surface area contributed by atoms with Crippen molar-refractivity contribution in [2.45, 2.75) is 38.0 Å². The van der Waals surface area contributed by atoms with E-state index in [-0.39, 0.29) is 18.2 Å². The molecule has 1 fully saturated rings. The Hall–Kier alpha value is -2.38. The number of aromatic amines is 1. The van der Waals surface area contributed by atoms with Gasteiger partial charge in [-0.05, 0) is 30.5 Å². The molecular weight excluding hydrogens is 321 g/mol. The first-order valence-electron chi connectivity index (χ1n) is 7.76. The maximum Gasteiger partial charge on any atom is 0.248 e. The highest BCUT2D eigenvalue weighted by Gasteiger charge is 2.39. The van der Waals surface area contributed by atoms with E-state index in [1.807, 2.05) is 0 Å². The van der Waals surface area contributed by atoms with Crippen molar-refractivity contribution in [2.75, 3.05) is 5.32 Å². The van der Waals surface area contributed by atoms with Crippen LogP contribution in [0.5, 0.6) is 0 Å². The SMILES string of the molecule is O=C(Nc1n[nH]c(Cc2cccc(F)c2)n1)C1CCCC(F)(F)C1. The molecule has 8 heteroatoms. The molecule has 5 nitrogen and oxygen atoms in total. The molecule has 0 saturated heterocycles. The number of halogens is 3. The number of hydrogen-bond donors (Lipinski definition) is 2. The zero-order valence-electron chi connectivity index (χ0n) is 12.9. The van der Waals surface area contributed by atoms with Crippen LogP contribution in [-0.2, 0) is 11.2 Å². The van der Waals surface area contributed by atoms with Gasteiger partial charge in [-0.1, -0.05) is 12.1 Å². The van der Waals surface area contributed by atoms with Crippen LogP contribution in [-0.4, -0.2) is 27.0 Å². The summed E-state index contributed by atoms with van der Waals surface area (Å²) in [6.07, 6.45) is 0.461. The summed E-state index contributed by atoms with van der Waals surface area (Å²) in [5, 5.41) is 8.98. The third-order valence-electron chi connectivity index (χ3n) is 4.04. The van der Waals surface area contributed by atoms with Gasteiger partial charge in [0.2, 0.25) is 17.8 Å². The first-order chi connectivity index (χ1) is 11.4. The third kappa shape index (κ3) is 4.12. The van der Waals surface area contributed by atoms with E-state index < -0.39 is 24.2 Å². The first kappa shape index (κ1) is 16.5. The van der Waals surface area contributed by atoms with Crippen molar-refractivity contribution in [3.8, 4) is 0 Å². The third-order valence-corrected chi connectivity index (χ3v) is 4.04. The zero-order chi connectivity index (χ0) is 17.2. The number of H-pyrrole nitrogens is 1. The van der Waals surface area contributed by atoms with Gasteiger partial charge in [0, 0.05) is 25.2 Å². The van der Waals surface area contributed by atoms with Crippen LogP contribution in [0.3, 0.4) is 0 Å². The number of nitrogens with one attached hydrogen (secondary N) is 2. The van der Waals surface area contributed by atoms with Crippen LogP contribution in [0.25, 0.3) is 0 Å². The van der Waals surface area contributed by atoms with Gasteiger partial charge < -0.3 is 0 Å². The number of alkyl halides is 2. The van der Waals surface area contributed by atoms with Crippen molar-refractivity contribution < 1.29 is 18.0 Å². The summed E-state index contributed by atoms with van der Waals surface area (Å²) in [7, 11) is 0. The summed E-state index contributed by atoms with van der Waals surface area (Å²) >= 11 is 0. The van der Waals surface area contributed by atoms with Crippen molar-refractivity contribution in [3.63, 3.8) is 0 Å². The fraction of sp³-hybridized carbons (Fsp3) is 0.438. The van der Waals surface area contributed by atoms with E-state index in [0.717, 1.165) is 0 Å². The highest BCUT2D eigenvalue weighted by molar-refractivity contribution is 5.91. The van der Waals surface area contributed by atoms with Crippen molar-refractivity contribution in [3.05, 3.63) is 41.5 Å². The van der Waals surface area contributed by atoms with Gasteiger partial charge in [0.15, 0.2) is 0 Å². The van der Waals surface area contributed by atoms with Gasteiger partial charge in [-0.15, -0.1) is 5.10 Å². The molecule has 1 atom stereocenters. The van der Waals surface area contributed by atoms with Gasteiger partial charge >= 0.3 is 0 Å². The summed E-state index contributed by atoms with van der Waals surface area (Å²) in [6, 6.07) is 6.06. The Morgan fingerprint density at radius 3 is 3.00 bits per heavy atom. The van der Waals surface area contributed by atoms with Gasteiger partial charge in [-0.3, -0.25) is 15.2 Å². The maximum absolute atomic E-state index is 13.4. The van der Waals surface area contributed by atoms with Gasteiger partial charge in [0.25, 0.3) is 0 Å². The molecule has 0 aliphatic heterocycles. The summed E-state index contributed by atoms with van der Waals surface area (Å²) in [5.41, 5.74) is 0.705. The molecule has 0 radical (unpaired) electrons. The van der Waals surface area contributed by atoms with Gasteiger partial charge in [-0.25, -0.2) is 13.2 Å². The largest absolute Gasteiger partial charge is 0.293 e. The van der Waals surface area contributed by atoms with Crippen LogP contribution in [0, 0.1) is 11.7 Å². The minimum absolute atomic E-state index is 0.0419. The Morgan fingerprint density at radius 2 is 2.25 bits per heavy atom. The van der Waals surface area contributed by atoms with E-state index in [9.17, 15) is 18.0 Å². The lowest BCUT2D eigenvalue weighted by atomic mass is 9.86. The van der Waals surface area contributed by atoms with Crippen LogP contribution in [0.1, 0.15) is 37.1 Å². The lowest BCUT2D eigenvalue weighted by molar-refractivity contribution is -0.127. The van der Waals surface area contributed by atoms with Crippen LogP contribution in [0.2, 0.25) is 0 Å². The number of hydrogen-bond acceptors (Lipinski definition) is 3. The molecule has 2 aromatic rings. The number of aromatic nitrogens is 3. The minimum atomic E-state index is -2.79. The molecule has 3 rings (SSSR count). The summed E-state index contributed by atoms with van der Waals surface area (Å²) < 4.78 is 39.9. The number of carbonyl (C=O) groups is 1. The van der Waals surface area contributed by atoms with E-state index >= 15 is 0 Å². The maximum atomic E-state index is 13.4. The van der Waals surface area contributed by atoms with Crippen molar-refractivity contribution in [1.82, 2.24) is 15.2 Å². The Bertz CT molecular complexity index is 732. The number of anilines is 1. The van der Waals surface area contributed by atoms with Gasteiger partial charge in [0.05, 0.1) is 0 Å². The summed E-state index contributed by atoms with van der Waals surface area (Å²) in [6.45, 7) is 0. The summed E-state index contributed by atoms with van der Waals surface area (Å²) in [5.74, 6) is -3.88. The molecule has 24 heavy (non-hydrogen) atoms. The molecule has 128 valence electrons. The van der Waals surface area contributed by atoms with Crippen LogP contribution >= 0.6 is 0 Å². The Morgan fingerprint density at radius 1 is 1.42 bits per heavy atom. The average molecular weight is 338 g/mol. The van der Waals surface area contributed by atoms with Crippen molar-refractivity contribution in [2.24, 2.45) is 5.92 Å². The molecule has 1 unspecified atom stereocenters. The van der Waals surface area contributed by atoms with Gasteiger partial charge in [-0.2, -0.15) is 4.98 Å². The van der Waals surface area contributed by atoms with Crippen molar-refractivity contribution in [1.29, 1.82) is 0 Å². The van der Waals surface area contributed by atoms with Crippen molar-refractivity contribution >= 4 is 11.9 Å². The molecule has 2 N–H and O–H groups in total. The van der Waals surface area contributed by atoms with Gasteiger partial charge in [0.1, 0.15) is 11.6 Å². The standard InChI is InChI=1S/C16H17F3N4O/c17-12-5-1-3-10(7-12)8-13-20-15(23-22-13)21-14(24)11-4-2-6-16(18,19)9-11/h1,3,5,7,11H,2,4,6,8-9H2,(H2,20,21,22,23,24). The smallest absolute Gasteiger partial charge is 0.248 e. The predicted molar refractivity (Wildman–Crippen MR) is 81.1 cm³/mol.